The molecule has 21 heavy (non-hydrogen) atoms. The highest BCUT2D eigenvalue weighted by atomic mass is 16.3. The topological polar surface area (TPSA) is 43.7 Å². The normalized spacial score (nSPS) is 35.4. The highest BCUT2D eigenvalue weighted by molar-refractivity contribution is 5.37. The zero-order valence-electron chi connectivity index (χ0n) is 13.3. The maximum absolute atomic E-state index is 11.5. The van der Waals surface area contributed by atoms with Gasteiger partial charge in [-0.1, -0.05) is 12.5 Å². The molecule has 2 saturated carbocycles. The minimum absolute atomic E-state index is 0.257. The van der Waals surface area contributed by atoms with Crippen molar-refractivity contribution in [2.24, 2.45) is 17.8 Å². The Labute approximate surface area is 127 Å². The molecule has 1 aromatic carbocycles. The van der Waals surface area contributed by atoms with Crippen LogP contribution in [0.1, 0.15) is 36.8 Å². The number of phenolic OH excluding ortho intramolecular Hbond substituents is 1. The molecule has 0 saturated heterocycles. The highest BCUT2D eigenvalue weighted by Crippen LogP contribution is 2.54. The second-order valence-electron chi connectivity index (χ2n) is 7.49. The summed E-state index contributed by atoms with van der Waals surface area (Å²) < 4.78 is 0. The maximum atomic E-state index is 11.5. The Bertz CT molecular complexity index is 508. The first kappa shape index (κ1) is 14.9. The predicted molar refractivity (Wildman–Crippen MR) is 84.2 cm³/mol. The third-order valence-corrected chi connectivity index (χ3v) is 5.49. The van der Waals surface area contributed by atoms with Gasteiger partial charge in [-0.15, -0.1) is 0 Å². The lowest BCUT2D eigenvalue weighted by atomic mass is 9.65. The van der Waals surface area contributed by atoms with Gasteiger partial charge in [-0.05, 0) is 75.4 Å². The lowest BCUT2D eigenvalue weighted by Gasteiger charge is -2.45. The average molecular weight is 289 g/mol. The quantitative estimate of drug-likeness (QED) is 0.899. The number of aryl methyl sites for hydroxylation is 1. The van der Waals surface area contributed by atoms with Crippen molar-refractivity contribution in [3.63, 3.8) is 0 Å². The number of rotatable bonds is 3. The molecule has 0 aliphatic heterocycles. The molecule has 3 rings (SSSR count). The summed E-state index contributed by atoms with van der Waals surface area (Å²) in [7, 11) is 4.16. The molecule has 4 unspecified atom stereocenters. The van der Waals surface area contributed by atoms with Crippen LogP contribution in [0.2, 0.25) is 0 Å². The van der Waals surface area contributed by atoms with Crippen LogP contribution >= 0.6 is 0 Å². The third-order valence-electron chi connectivity index (χ3n) is 5.49. The first-order chi connectivity index (χ1) is 9.88. The van der Waals surface area contributed by atoms with Crippen LogP contribution in [-0.2, 0) is 5.60 Å². The zero-order chi connectivity index (χ0) is 15.2. The van der Waals surface area contributed by atoms with E-state index in [0.29, 0.717) is 11.8 Å². The Hall–Kier alpha value is -1.06. The summed E-state index contributed by atoms with van der Waals surface area (Å²) in [4.78, 5) is 2.18. The second-order valence-corrected chi connectivity index (χ2v) is 7.49. The van der Waals surface area contributed by atoms with Crippen molar-refractivity contribution in [2.75, 3.05) is 20.6 Å². The van der Waals surface area contributed by atoms with Gasteiger partial charge in [-0.25, -0.2) is 0 Å². The Morgan fingerprint density at radius 2 is 2.00 bits per heavy atom. The number of aromatic hydroxyl groups is 1. The van der Waals surface area contributed by atoms with Gasteiger partial charge >= 0.3 is 0 Å². The molecule has 3 nitrogen and oxygen atoms in total. The molecule has 1 aromatic rings. The third kappa shape index (κ3) is 2.69. The van der Waals surface area contributed by atoms with Gasteiger partial charge in [0.15, 0.2) is 0 Å². The maximum Gasteiger partial charge on any atom is 0.116 e. The summed E-state index contributed by atoms with van der Waals surface area (Å²) in [6.45, 7) is 2.88. The smallest absolute Gasteiger partial charge is 0.116 e. The molecule has 2 aliphatic carbocycles. The van der Waals surface area contributed by atoms with Crippen LogP contribution in [0.25, 0.3) is 0 Å². The van der Waals surface area contributed by atoms with Crippen LogP contribution in [0.4, 0.5) is 0 Å². The van der Waals surface area contributed by atoms with Crippen LogP contribution in [0.5, 0.6) is 5.75 Å². The van der Waals surface area contributed by atoms with Crippen molar-refractivity contribution in [1.82, 2.24) is 4.90 Å². The molecule has 0 aromatic heterocycles. The van der Waals surface area contributed by atoms with E-state index in [-0.39, 0.29) is 11.7 Å². The Morgan fingerprint density at radius 3 is 2.67 bits per heavy atom. The number of phenols is 1. The monoisotopic (exact) mass is 289 g/mol. The number of fused-ring (bicyclic) bond motifs is 2. The van der Waals surface area contributed by atoms with Crippen LogP contribution < -0.4 is 0 Å². The van der Waals surface area contributed by atoms with E-state index in [1.807, 2.05) is 13.0 Å². The lowest BCUT2D eigenvalue weighted by molar-refractivity contribution is -0.0892. The van der Waals surface area contributed by atoms with E-state index >= 15 is 0 Å². The number of hydrogen-bond donors (Lipinski definition) is 2. The Balaban J connectivity index is 2.02. The molecule has 3 heteroatoms. The number of benzene rings is 1. The predicted octanol–water partition coefficient (Wildman–Crippen LogP) is 2.89. The van der Waals surface area contributed by atoms with E-state index in [1.165, 1.54) is 19.3 Å². The van der Waals surface area contributed by atoms with Gasteiger partial charge in [0.25, 0.3) is 0 Å². The van der Waals surface area contributed by atoms with Crippen molar-refractivity contribution in [3.8, 4) is 5.75 Å². The highest BCUT2D eigenvalue weighted by Gasteiger charge is 2.51. The average Bonchev–Trinajstić information content (AvgIpc) is 2.77. The number of aliphatic hydroxyl groups is 1. The largest absolute Gasteiger partial charge is 0.508 e. The van der Waals surface area contributed by atoms with Crippen molar-refractivity contribution in [2.45, 2.75) is 38.2 Å². The van der Waals surface area contributed by atoms with Gasteiger partial charge in [0.05, 0.1) is 5.60 Å². The summed E-state index contributed by atoms with van der Waals surface area (Å²) >= 11 is 0. The van der Waals surface area contributed by atoms with Gasteiger partial charge in [-0.2, -0.15) is 0 Å². The van der Waals surface area contributed by atoms with Gasteiger partial charge in [0.1, 0.15) is 5.75 Å². The fraction of sp³-hybridized carbons (Fsp3) is 0.667. The van der Waals surface area contributed by atoms with E-state index in [0.717, 1.165) is 24.1 Å². The van der Waals surface area contributed by atoms with E-state index in [9.17, 15) is 10.2 Å². The van der Waals surface area contributed by atoms with Crippen molar-refractivity contribution < 1.29 is 10.2 Å². The molecule has 2 N–H and O–H groups in total. The van der Waals surface area contributed by atoms with Gasteiger partial charge < -0.3 is 15.1 Å². The molecule has 0 heterocycles. The van der Waals surface area contributed by atoms with Crippen molar-refractivity contribution in [3.05, 3.63) is 29.3 Å². The first-order valence-electron chi connectivity index (χ1n) is 8.06. The van der Waals surface area contributed by atoms with Gasteiger partial charge in [0, 0.05) is 12.5 Å². The standard InChI is InChI=1S/C18H27NO2/c1-12-6-15(9-16(20)7-12)18(21)10-13-4-5-14(8-13)17(18)11-19(2)3/h6-7,9,13-14,17,20-21H,4-5,8,10-11H2,1-3H3. The molecule has 0 amide bonds. The molecule has 4 atom stereocenters. The molecule has 2 bridgehead atoms. The van der Waals surface area contributed by atoms with E-state index in [1.54, 1.807) is 12.1 Å². The van der Waals surface area contributed by atoms with Gasteiger partial charge in [0.2, 0.25) is 0 Å². The Morgan fingerprint density at radius 1 is 1.24 bits per heavy atom. The van der Waals surface area contributed by atoms with Crippen LogP contribution in [0.3, 0.4) is 0 Å². The fourth-order valence-corrected chi connectivity index (χ4v) is 4.68. The lowest BCUT2D eigenvalue weighted by Crippen LogP contribution is -2.47. The summed E-state index contributed by atoms with van der Waals surface area (Å²) in [6, 6.07) is 5.57. The van der Waals surface area contributed by atoms with E-state index < -0.39 is 5.60 Å². The van der Waals surface area contributed by atoms with Crippen molar-refractivity contribution >= 4 is 0 Å². The molecular weight excluding hydrogens is 262 g/mol. The first-order valence-corrected chi connectivity index (χ1v) is 8.06. The molecule has 116 valence electrons. The van der Waals surface area contributed by atoms with E-state index in [4.69, 9.17) is 0 Å². The second kappa shape index (κ2) is 5.29. The summed E-state index contributed by atoms with van der Waals surface area (Å²) in [5.74, 6) is 1.77. The molecule has 2 aliphatic rings. The molecule has 0 radical (unpaired) electrons. The summed E-state index contributed by atoms with van der Waals surface area (Å²) in [5, 5.41) is 21.5. The number of nitrogens with zero attached hydrogens (tertiary/aromatic N) is 1. The number of hydrogen-bond acceptors (Lipinski definition) is 3. The van der Waals surface area contributed by atoms with E-state index in [2.05, 4.69) is 19.0 Å². The minimum atomic E-state index is -0.794. The molecular formula is C18H27NO2. The zero-order valence-corrected chi connectivity index (χ0v) is 13.3. The Kier molecular flexibility index (Phi) is 3.74. The fourth-order valence-electron chi connectivity index (χ4n) is 4.68. The van der Waals surface area contributed by atoms with Gasteiger partial charge in [-0.3, -0.25) is 0 Å². The summed E-state index contributed by atoms with van der Waals surface area (Å²) in [6.07, 6.45) is 4.58. The van der Waals surface area contributed by atoms with Crippen LogP contribution in [-0.4, -0.2) is 35.8 Å². The SMILES string of the molecule is Cc1cc(O)cc(C2(O)CC3CCC(C3)C2CN(C)C)c1. The molecule has 2 fully saturated rings. The van der Waals surface area contributed by atoms with Crippen molar-refractivity contribution in [1.29, 1.82) is 0 Å². The summed E-state index contributed by atoms with van der Waals surface area (Å²) in [5.41, 5.74) is 1.13. The van der Waals surface area contributed by atoms with Crippen LogP contribution in [0, 0.1) is 24.7 Å². The molecule has 0 spiro atoms. The van der Waals surface area contributed by atoms with Crippen LogP contribution in [0.15, 0.2) is 18.2 Å². The minimum Gasteiger partial charge on any atom is -0.508 e.